The molecule has 0 saturated carbocycles. The highest BCUT2D eigenvalue weighted by Gasteiger charge is 2.57. The van der Waals surface area contributed by atoms with Gasteiger partial charge in [0, 0.05) is 17.3 Å². The molecule has 3 heterocycles. The third-order valence-corrected chi connectivity index (χ3v) is 5.75. The van der Waals surface area contributed by atoms with Gasteiger partial charge in [-0.2, -0.15) is 0 Å². The molecule has 4 rings (SSSR count). The molecule has 0 spiro atoms. The number of hydrogen-bond acceptors (Lipinski definition) is 5. The first-order valence-corrected chi connectivity index (χ1v) is 9.25. The number of halogens is 4. The smallest absolute Gasteiger partial charge is 0.492 e. The molecule has 0 radical (unpaired) electrons. The van der Waals surface area contributed by atoms with Crippen LogP contribution in [0.1, 0.15) is 37.4 Å². The van der Waals surface area contributed by atoms with Crippen LogP contribution >= 0.6 is 0 Å². The Morgan fingerprint density at radius 3 is 2.34 bits per heavy atom. The van der Waals surface area contributed by atoms with Crippen LogP contribution in [0.2, 0.25) is 0 Å². The fourth-order valence-corrected chi connectivity index (χ4v) is 4.33. The third-order valence-electron chi connectivity index (χ3n) is 5.75. The van der Waals surface area contributed by atoms with Crippen LogP contribution < -0.4 is 14.8 Å². The molecule has 1 aromatic carbocycles. The highest BCUT2D eigenvalue weighted by molar-refractivity contribution is 5.32. The van der Waals surface area contributed by atoms with Crippen LogP contribution in [0, 0.1) is 5.82 Å². The number of benzene rings is 1. The number of rotatable bonds is 6. The number of aliphatic hydroxyl groups excluding tert-OH is 1. The Morgan fingerprint density at radius 2 is 1.72 bits per heavy atom. The predicted molar refractivity (Wildman–Crippen MR) is 94.8 cm³/mol. The lowest BCUT2D eigenvalue weighted by Crippen LogP contribution is -2.48. The normalized spacial score (nSPS) is 27.1. The van der Waals surface area contributed by atoms with Gasteiger partial charge in [0.2, 0.25) is 0 Å². The van der Waals surface area contributed by atoms with Gasteiger partial charge >= 0.3 is 6.36 Å². The Labute approximate surface area is 164 Å². The molecule has 1 unspecified atom stereocenters. The Kier molecular flexibility index (Phi) is 4.90. The second kappa shape index (κ2) is 7.14. The van der Waals surface area contributed by atoms with Crippen LogP contribution in [0.15, 0.2) is 42.7 Å². The molecule has 0 amide bonds. The molecule has 2 bridgehead atoms. The van der Waals surface area contributed by atoms with E-state index in [1.807, 2.05) is 0 Å². The molecule has 1 aromatic heterocycles. The number of pyridine rings is 1. The van der Waals surface area contributed by atoms with E-state index < -0.39 is 23.8 Å². The number of aromatic nitrogens is 1. The molecule has 2 aromatic rings. The molecular formula is C20H20F4N2O3. The van der Waals surface area contributed by atoms with Crippen LogP contribution in [-0.2, 0) is 0 Å². The summed E-state index contributed by atoms with van der Waals surface area (Å²) >= 11 is 0. The number of aliphatic hydroxyl groups is 1. The van der Waals surface area contributed by atoms with Crippen molar-refractivity contribution in [3.8, 4) is 11.5 Å². The van der Waals surface area contributed by atoms with Crippen molar-refractivity contribution in [1.82, 2.24) is 10.3 Å². The van der Waals surface area contributed by atoms with Crippen LogP contribution in [-0.4, -0.2) is 34.1 Å². The SMILES string of the molecule is OC(c1cncc(F)c1)C12CCC(COc3ccc(OC(F)(F)F)cc3)(CC1)N2. The largest absolute Gasteiger partial charge is 0.573 e. The molecule has 2 saturated heterocycles. The fourth-order valence-electron chi connectivity index (χ4n) is 4.33. The van der Waals surface area contributed by atoms with Gasteiger partial charge in [-0.05, 0) is 56.0 Å². The summed E-state index contributed by atoms with van der Waals surface area (Å²) in [6.07, 6.45) is -0.144. The maximum absolute atomic E-state index is 13.5. The van der Waals surface area contributed by atoms with E-state index in [0.29, 0.717) is 30.8 Å². The molecule has 2 N–H and O–H groups in total. The van der Waals surface area contributed by atoms with Crippen molar-refractivity contribution in [2.24, 2.45) is 0 Å². The summed E-state index contributed by atoms with van der Waals surface area (Å²) in [4.78, 5) is 3.81. The minimum absolute atomic E-state index is 0.308. The van der Waals surface area contributed by atoms with E-state index in [2.05, 4.69) is 15.0 Å². The van der Waals surface area contributed by atoms with Gasteiger partial charge in [-0.1, -0.05) is 0 Å². The first kappa shape index (κ1) is 19.9. The summed E-state index contributed by atoms with van der Waals surface area (Å²) in [5, 5.41) is 14.3. The van der Waals surface area contributed by atoms with E-state index in [0.717, 1.165) is 19.0 Å². The van der Waals surface area contributed by atoms with Gasteiger partial charge in [0.1, 0.15) is 23.9 Å². The van der Waals surface area contributed by atoms with Gasteiger partial charge < -0.3 is 14.6 Å². The van der Waals surface area contributed by atoms with Crippen molar-refractivity contribution < 1.29 is 32.1 Å². The zero-order valence-corrected chi connectivity index (χ0v) is 15.4. The maximum atomic E-state index is 13.5. The summed E-state index contributed by atoms with van der Waals surface area (Å²) in [5.41, 5.74) is -0.483. The first-order valence-electron chi connectivity index (χ1n) is 9.25. The maximum Gasteiger partial charge on any atom is 0.573 e. The Balaban J connectivity index is 1.39. The molecule has 9 heteroatoms. The third kappa shape index (κ3) is 4.16. The molecular weight excluding hydrogens is 392 g/mol. The lowest BCUT2D eigenvalue weighted by Gasteiger charge is -2.31. The summed E-state index contributed by atoms with van der Waals surface area (Å²) in [6, 6.07) is 6.52. The van der Waals surface area contributed by atoms with Crippen molar-refractivity contribution >= 4 is 0 Å². The summed E-state index contributed by atoms with van der Waals surface area (Å²) in [7, 11) is 0. The van der Waals surface area contributed by atoms with Gasteiger partial charge in [-0.25, -0.2) is 4.39 Å². The second-order valence-corrected chi connectivity index (χ2v) is 7.71. The molecule has 2 fully saturated rings. The number of ether oxygens (including phenoxy) is 2. The van der Waals surface area contributed by atoms with Crippen molar-refractivity contribution in [3.63, 3.8) is 0 Å². The molecule has 2 aliphatic rings. The zero-order valence-electron chi connectivity index (χ0n) is 15.4. The average molecular weight is 412 g/mol. The summed E-state index contributed by atoms with van der Waals surface area (Å²) < 4.78 is 59.8. The molecule has 29 heavy (non-hydrogen) atoms. The summed E-state index contributed by atoms with van der Waals surface area (Å²) in [5.74, 6) is -0.384. The van der Waals surface area contributed by atoms with Crippen LogP contribution in [0.25, 0.3) is 0 Å². The van der Waals surface area contributed by atoms with Crippen LogP contribution in [0.4, 0.5) is 17.6 Å². The highest BCUT2D eigenvalue weighted by atomic mass is 19.4. The summed E-state index contributed by atoms with van der Waals surface area (Å²) in [6.45, 7) is 0.308. The molecule has 0 aliphatic carbocycles. The quantitative estimate of drug-likeness (QED) is 0.705. The lowest BCUT2D eigenvalue weighted by atomic mass is 9.78. The minimum atomic E-state index is -4.74. The van der Waals surface area contributed by atoms with Gasteiger partial charge in [0.05, 0.1) is 17.8 Å². The minimum Gasteiger partial charge on any atom is -0.492 e. The molecule has 1 atom stereocenters. The van der Waals surface area contributed by atoms with Crippen LogP contribution in [0.5, 0.6) is 11.5 Å². The monoisotopic (exact) mass is 412 g/mol. The molecule has 2 aliphatic heterocycles. The number of fused-ring (bicyclic) bond motifs is 2. The van der Waals surface area contributed by atoms with Crippen molar-refractivity contribution in [3.05, 3.63) is 54.1 Å². The number of nitrogens with zero attached hydrogens (tertiary/aromatic N) is 1. The number of hydrogen-bond donors (Lipinski definition) is 2. The number of alkyl halides is 3. The van der Waals surface area contributed by atoms with Crippen molar-refractivity contribution in [1.29, 1.82) is 0 Å². The van der Waals surface area contributed by atoms with E-state index >= 15 is 0 Å². The lowest BCUT2D eigenvalue weighted by molar-refractivity contribution is -0.274. The Hall–Kier alpha value is -2.39. The van der Waals surface area contributed by atoms with E-state index in [-0.39, 0.29) is 11.3 Å². The molecule has 156 valence electrons. The number of nitrogens with one attached hydrogen (secondary N) is 1. The Morgan fingerprint density at radius 1 is 1.07 bits per heavy atom. The van der Waals surface area contributed by atoms with E-state index in [4.69, 9.17) is 4.74 Å². The van der Waals surface area contributed by atoms with E-state index in [1.165, 1.54) is 36.5 Å². The zero-order chi connectivity index (χ0) is 20.7. The second-order valence-electron chi connectivity index (χ2n) is 7.71. The first-order chi connectivity index (χ1) is 13.7. The topological polar surface area (TPSA) is 63.6 Å². The van der Waals surface area contributed by atoms with Crippen LogP contribution in [0.3, 0.4) is 0 Å². The van der Waals surface area contributed by atoms with Crippen molar-refractivity contribution in [2.75, 3.05) is 6.61 Å². The van der Waals surface area contributed by atoms with E-state index in [1.54, 1.807) is 0 Å². The highest BCUT2D eigenvalue weighted by Crippen LogP contribution is 2.50. The fraction of sp³-hybridized carbons (Fsp3) is 0.450. The van der Waals surface area contributed by atoms with Gasteiger partial charge in [0.25, 0.3) is 0 Å². The van der Waals surface area contributed by atoms with E-state index in [9.17, 15) is 22.7 Å². The average Bonchev–Trinajstić information content (AvgIpc) is 3.24. The standard InChI is InChI=1S/C20H20F4N2O3/c21-14-9-13(10-25-11-14)17(27)19-7-5-18(26-19,6-8-19)12-28-15-1-3-16(4-2-15)29-20(22,23)24/h1-4,9-11,17,26-27H,5-8,12H2. The Bertz CT molecular complexity index is 865. The van der Waals surface area contributed by atoms with Crippen molar-refractivity contribution in [2.45, 2.75) is 49.2 Å². The predicted octanol–water partition coefficient (Wildman–Crippen LogP) is 3.89. The molecule has 5 nitrogen and oxygen atoms in total. The van der Waals surface area contributed by atoms with Gasteiger partial charge in [-0.3, -0.25) is 10.3 Å². The van der Waals surface area contributed by atoms with Gasteiger partial charge in [0.15, 0.2) is 0 Å². The van der Waals surface area contributed by atoms with Gasteiger partial charge in [-0.15, -0.1) is 13.2 Å².